The lowest BCUT2D eigenvalue weighted by molar-refractivity contribution is -0.133. The van der Waals surface area contributed by atoms with Crippen LogP contribution in [0.25, 0.3) is 0 Å². The van der Waals surface area contributed by atoms with E-state index in [9.17, 15) is 9.59 Å². The van der Waals surface area contributed by atoms with Crippen molar-refractivity contribution in [2.24, 2.45) is 11.7 Å². The van der Waals surface area contributed by atoms with Gasteiger partial charge in [-0.3, -0.25) is 19.8 Å². The zero-order valence-corrected chi connectivity index (χ0v) is 22.9. The Morgan fingerprint density at radius 1 is 0.829 bits per heavy atom. The molecule has 0 aromatic heterocycles. The molecule has 210 valence electrons. The fourth-order valence-electron chi connectivity index (χ4n) is 4.20. The number of nitrogens with one attached hydrogen (secondary N) is 3. The van der Waals surface area contributed by atoms with Crippen LogP contribution in [0.2, 0.25) is 5.02 Å². The molecule has 0 fully saturated rings. The predicted octanol–water partition coefficient (Wildman–Crippen LogP) is 5.42. The van der Waals surface area contributed by atoms with Crippen LogP contribution in [-0.2, 0) is 20.8 Å². The fraction of sp³-hybridized carbons (Fsp3) is 0.125. The summed E-state index contributed by atoms with van der Waals surface area (Å²) in [7, 11) is 0. The van der Waals surface area contributed by atoms with Crippen LogP contribution >= 0.6 is 11.6 Å². The zero-order chi connectivity index (χ0) is 29.6. The first-order valence-corrected chi connectivity index (χ1v) is 13.2. The summed E-state index contributed by atoms with van der Waals surface area (Å²) in [4.78, 5) is 35.5. The van der Waals surface area contributed by atoms with E-state index in [4.69, 9.17) is 32.6 Å². The van der Waals surface area contributed by atoms with Crippen LogP contribution in [0, 0.1) is 11.3 Å². The maximum absolute atomic E-state index is 13.7. The molecule has 0 aliphatic rings. The van der Waals surface area contributed by atoms with Gasteiger partial charge in [-0.15, -0.1) is 0 Å². The molecule has 2 atom stereocenters. The predicted molar refractivity (Wildman–Crippen MR) is 161 cm³/mol. The molecule has 4 aromatic rings. The number of carbonyl (C=O) groups excluding carboxylic acids is 2. The quantitative estimate of drug-likeness (QED) is 0.0748. The van der Waals surface area contributed by atoms with Gasteiger partial charge in [0, 0.05) is 16.3 Å². The third-order valence-electron chi connectivity index (χ3n) is 6.28. The fourth-order valence-corrected chi connectivity index (χ4v) is 4.33. The Morgan fingerprint density at radius 2 is 1.37 bits per heavy atom. The Labute approximate surface area is 243 Å². The summed E-state index contributed by atoms with van der Waals surface area (Å²) < 4.78 is 0. The first kappa shape index (κ1) is 30.6. The van der Waals surface area contributed by atoms with Crippen molar-refractivity contribution in [1.82, 2.24) is 5.32 Å². The topological polar surface area (TPSA) is 145 Å². The second-order valence-corrected chi connectivity index (χ2v) is 9.50. The maximum atomic E-state index is 13.7. The van der Waals surface area contributed by atoms with Crippen LogP contribution < -0.4 is 16.4 Å². The van der Waals surface area contributed by atoms with Gasteiger partial charge in [0.15, 0.2) is 0 Å². The number of nitrogen functional groups attached to an aromatic ring is 1. The Kier molecular flexibility index (Phi) is 11.6. The highest BCUT2D eigenvalue weighted by atomic mass is 35.5. The standard InChI is InChI=1S/C31H29ClN4O2.CH2O2/c32-25-16-12-23(13-17-25)28(22-9-5-2-6-10-22)36-31(38)27(20-11-21-7-3-1-4-8-21)30(37)35-26-18-14-24(15-19-26)29(33)34;2-1-3/h1-10,12-19,27-28H,11,20H2,(H3,33,34)(H,35,37)(H,36,38);1H,(H,2,3). The summed E-state index contributed by atoms with van der Waals surface area (Å²) >= 11 is 6.10. The molecule has 0 aliphatic carbocycles. The van der Waals surface area contributed by atoms with Gasteiger partial charge in [0.05, 0.1) is 6.04 Å². The van der Waals surface area contributed by atoms with Crippen molar-refractivity contribution >= 4 is 41.4 Å². The molecule has 2 unspecified atom stereocenters. The second-order valence-electron chi connectivity index (χ2n) is 9.07. The minimum atomic E-state index is -0.943. The number of hydrogen-bond donors (Lipinski definition) is 5. The second kappa shape index (κ2) is 15.6. The van der Waals surface area contributed by atoms with E-state index in [-0.39, 0.29) is 18.2 Å². The number of amidine groups is 1. The minimum Gasteiger partial charge on any atom is -0.483 e. The minimum absolute atomic E-state index is 0.0582. The lowest BCUT2D eigenvalue weighted by Gasteiger charge is -2.24. The van der Waals surface area contributed by atoms with Gasteiger partial charge in [-0.05, 0) is 65.9 Å². The van der Waals surface area contributed by atoms with E-state index in [1.165, 1.54) is 0 Å². The number of rotatable bonds is 10. The Morgan fingerprint density at radius 3 is 1.93 bits per heavy atom. The van der Waals surface area contributed by atoms with Crippen LogP contribution in [0.4, 0.5) is 5.69 Å². The van der Waals surface area contributed by atoms with Crippen molar-refractivity contribution in [1.29, 1.82) is 5.41 Å². The average Bonchev–Trinajstić information content (AvgIpc) is 2.98. The molecule has 0 bridgehead atoms. The van der Waals surface area contributed by atoms with Crippen molar-refractivity contribution in [3.63, 3.8) is 0 Å². The smallest absolute Gasteiger partial charge is 0.290 e. The molecule has 6 N–H and O–H groups in total. The summed E-state index contributed by atoms with van der Waals surface area (Å²) in [5.74, 6) is -1.78. The molecule has 4 aromatic carbocycles. The molecule has 0 heterocycles. The van der Waals surface area contributed by atoms with E-state index in [1.807, 2.05) is 72.8 Å². The monoisotopic (exact) mass is 570 g/mol. The van der Waals surface area contributed by atoms with Gasteiger partial charge in [0.25, 0.3) is 6.47 Å². The molecule has 8 nitrogen and oxygen atoms in total. The average molecular weight is 571 g/mol. The van der Waals surface area contributed by atoms with Crippen molar-refractivity contribution in [2.75, 3.05) is 5.32 Å². The lowest BCUT2D eigenvalue weighted by Crippen LogP contribution is -2.40. The summed E-state index contributed by atoms with van der Waals surface area (Å²) in [5.41, 5.74) is 9.40. The summed E-state index contributed by atoms with van der Waals surface area (Å²) in [5, 5.41) is 21.0. The van der Waals surface area contributed by atoms with Crippen molar-refractivity contribution in [2.45, 2.75) is 18.9 Å². The summed E-state index contributed by atoms with van der Waals surface area (Å²) in [6.07, 6.45) is 0.891. The van der Waals surface area contributed by atoms with Crippen molar-refractivity contribution in [3.8, 4) is 0 Å². The van der Waals surface area contributed by atoms with Gasteiger partial charge >= 0.3 is 0 Å². The van der Waals surface area contributed by atoms with Crippen LogP contribution in [0.5, 0.6) is 0 Å². The van der Waals surface area contributed by atoms with E-state index in [0.717, 1.165) is 16.7 Å². The van der Waals surface area contributed by atoms with Gasteiger partial charge in [0.2, 0.25) is 11.8 Å². The Balaban J connectivity index is 0.00000147. The van der Waals surface area contributed by atoms with Crippen LogP contribution in [-0.4, -0.2) is 29.2 Å². The van der Waals surface area contributed by atoms with Crippen molar-refractivity contribution in [3.05, 3.63) is 136 Å². The molecule has 41 heavy (non-hydrogen) atoms. The molecule has 2 amide bonds. The SMILES string of the molecule is N=C(N)c1ccc(NC(=O)C(CCc2ccccc2)C(=O)NC(c2ccccc2)c2ccc(Cl)cc2)cc1.O=CO. The highest BCUT2D eigenvalue weighted by molar-refractivity contribution is 6.30. The van der Waals surface area contributed by atoms with E-state index in [1.54, 1.807) is 36.4 Å². The molecule has 0 aliphatic heterocycles. The first-order chi connectivity index (χ1) is 19.8. The first-order valence-electron chi connectivity index (χ1n) is 12.8. The molecular formula is C32H31ClN4O4. The normalized spacial score (nSPS) is 11.6. The van der Waals surface area contributed by atoms with Gasteiger partial charge in [0.1, 0.15) is 11.8 Å². The van der Waals surface area contributed by atoms with Gasteiger partial charge < -0.3 is 21.5 Å². The number of aryl methyl sites for hydroxylation is 1. The number of benzene rings is 4. The van der Waals surface area contributed by atoms with E-state index in [0.29, 0.717) is 29.1 Å². The highest BCUT2D eigenvalue weighted by Crippen LogP contribution is 2.25. The highest BCUT2D eigenvalue weighted by Gasteiger charge is 2.29. The van der Waals surface area contributed by atoms with E-state index in [2.05, 4.69) is 10.6 Å². The van der Waals surface area contributed by atoms with Crippen LogP contribution in [0.1, 0.15) is 34.7 Å². The van der Waals surface area contributed by atoms with Crippen LogP contribution in [0.15, 0.2) is 109 Å². The molecule has 0 saturated heterocycles. The molecule has 0 radical (unpaired) electrons. The van der Waals surface area contributed by atoms with Gasteiger partial charge in [-0.2, -0.15) is 0 Å². The largest absolute Gasteiger partial charge is 0.483 e. The third-order valence-corrected chi connectivity index (χ3v) is 6.54. The van der Waals surface area contributed by atoms with E-state index < -0.39 is 17.9 Å². The Bertz CT molecular complexity index is 1430. The maximum Gasteiger partial charge on any atom is 0.290 e. The number of amides is 2. The number of anilines is 1. The summed E-state index contributed by atoms with van der Waals surface area (Å²) in [6, 6.07) is 32.9. The summed E-state index contributed by atoms with van der Waals surface area (Å²) in [6.45, 7) is -0.250. The zero-order valence-electron chi connectivity index (χ0n) is 22.2. The molecule has 0 saturated carbocycles. The Hall–Kier alpha value is -4.95. The molecule has 4 rings (SSSR count). The van der Waals surface area contributed by atoms with E-state index >= 15 is 0 Å². The number of hydrogen-bond acceptors (Lipinski definition) is 4. The van der Waals surface area contributed by atoms with Crippen LogP contribution in [0.3, 0.4) is 0 Å². The molecular weight excluding hydrogens is 540 g/mol. The third kappa shape index (κ3) is 9.33. The number of carbonyl (C=O) groups is 3. The number of nitrogens with two attached hydrogens (primary N) is 1. The lowest BCUT2D eigenvalue weighted by atomic mass is 9.94. The van der Waals surface area contributed by atoms with Gasteiger partial charge in [-0.25, -0.2) is 0 Å². The number of carboxylic acid groups (broad SMARTS) is 1. The van der Waals surface area contributed by atoms with Gasteiger partial charge in [-0.1, -0.05) is 84.4 Å². The van der Waals surface area contributed by atoms with Crippen molar-refractivity contribution < 1.29 is 19.5 Å². The number of halogens is 1. The molecule has 0 spiro atoms. The molecule has 9 heteroatoms.